The zero-order valence-corrected chi connectivity index (χ0v) is 12.3. The lowest BCUT2D eigenvalue weighted by Gasteiger charge is -2.38. The van der Waals surface area contributed by atoms with Crippen molar-refractivity contribution in [2.45, 2.75) is 44.1 Å². The van der Waals surface area contributed by atoms with Crippen molar-refractivity contribution in [3.8, 4) is 0 Å². The molecule has 0 aromatic heterocycles. The molecule has 0 spiro atoms. The molecular weight excluding hydrogens is 244 g/mol. The Labute approximate surface area is 116 Å². The van der Waals surface area contributed by atoms with Crippen LogP contribution in [0.5, 0.6) is 0 Å². The summed E-state index contributed by atoms with van der Waals surface area (Å²) in [6.07, 6.45) is 1.33. The molecule has 2 aliphatic heterocycles. The molecule has 19 heavy (non-hydrogen) atoms. The highest BCUT2D eigenvalue weighted by atomic mass is 16.5. The first kappa shape index (κ1) is 15.2. The van der Waals surface area contributed by atoms with Gasteiger partial charge in [0.1, 0.15) is 12.2 Å². The predicted molar refractivity (Wildman–Crippen MR) is 74.1 cm³/mol. The third kappa shape index (κ3) is 3.47. The molecule has 4 atom stereocenters. The SMILES string of the molecule is CC1CCN(C2C(CN(C)C)OC(CO)C2O)CC1. The summed E-state index contributed by atoms with van der Waals surface area (Å²) < 4.78 is 5.84. The highest BCUT2D eigenvalue weighted by Gasteiger charge is 2.46. The molecule has 0 radical (unpaired) electrons. The number of aliphatic hydroxyl groups is 2. The minimum absolute atomic E-state index is 0.0180. The maximum absolute atomic E-state index is 10.4. The Kier molecular flexibility index (Phi) is 5.20. The van der Waals surface area contributed by atoms with Crippen LogP contribution in [0.3, 0.4) is 0 Å². The molecule has 0 saturated carbocycles. The van der Waals surface area contributed by atoms with Crippen molar-refractivity contribution >= 4 is 0 Å². The minimum atomic E-state index is -0.580. The highest BCUT2D eigenvalue weighted by molar-refractivity contribution is 4.98. The molecule has 2 saturated heterocycles. The van der Waals surface area contributed by atoms with E-state index < -0.39 is 12.2 Å². The van der Waals surface area contributed by atoms with Crippen LogP contribution in [0.25, 0.3) is 0 Å². The van der Waals surface area contributed by atoms with Crippen LogP contribution in [-0.2, 0) is 4.74 Å². The number of hydrogen-bond acceptors (Lipinski definition) is 5. The molecular formula is C14H28N2O3. The Hall–Kier alpha value is -0.200. The molecule has 0 amide bonds. The monoisotopic (exact) mass is 272 g/mol. The second-order valence-electron chi connectivity index (χ2n) is 6.36. The number of rotatable bonds is 4. The number of nitrogens with zero attached hydrogens (tertiary/aromatic N) is 2. The fourth-order valence-electron chi connectivity index (χ4n) is 3.27. The molecule has 112 valence electrons. The van der Waals surface area contributed by atoms with Gasteiger partial charge in [0.2, 0.25) is 0 Å². The Balaban J connectivity index is 2.04. The number of ether oxygens (including phenoxy) is 1. The van der Waals surface area contributed by atoms with Crippen LogP contribution in [0.2, 0.25) is 0 Å². The summed E-state index contributed by atoms with van der Waals surface area (Å²) in [4.78, 5) is 4.44. The average Bonchev–Trinajstić information content (AvgIpc) is 2.66. The van der Waals surface area contributed by atoms with Crippen LogP contribution in [0, 0.1) is 5.92 Å². The van der Waals surface area contributed by atoms with Gasteiger partial charge in [0.15, 0.2) is 0 Å². The van der Waals surface area contributed by atoms with Gasteiger partial charge in [0, 0.05) is 6.54 Å². The van der Waals surface area contributed by atoms with E-state index in [0.717, 1.165) is 25.6 Å². The largest absolute Gasteiger partial charge is 0.394 e. The smallest absolute Gasteiger partial charge is 0.109 e. The maximum Gasteiger partial charge on any atom is 0.109 e. The van der Waals surface area contributed by atoms with E-state index in [1.165, 1.54) is 12.8 Å². The van der Waals surface area contributed by atoms with Crippen LogP contribution in [-0.4, -0.2) is 84.7 Å². The zero-order chi connectivity index (χ0) is 14.0. The number of likely N-dealkylation sites (tertiary alicyclic amines) is 1. The quantitative estimate of drug-likeness (QED) is 0.740. The lowest BCUT2D eigenvalue weighted by molar-refractivity contribution is -0.0276. The summed E-state index contributed by atoms with van der Waals surface area (Å²) in [6, 6.07) is 0.0204. The molecule has 0 bridgehead atoms. The van der Waals surface area contributed by atoms with Gasteiger partial charge in [-0.1, -0.05) is 6.92 Å². The third-order valence-electron chi connectivity index (χ3n) is 4.43. The van der Waals surface area contributed by atoms with Crippen molar-refractivity contribution in [1.29, 1.82) is 0 Å². The van der Waals surface area contributed by atoms with Crippen LogP contribution in [0.15, 0.2) is 0 Å². The highest BCUT2D eigenvalue weighted by Crippen LogP contribution is 2.29. The molecule has 2 rings (SSSR count). The Morgan fingerprint density at radius 3 is 2.37 bits per heavy atom. The molecule has 2 heterocycles. The molecule has 2 fully saturated rings. The second kappa shape index (κ2) is 6.50. The minimum Gasteiger partial charge on any atom is -0.394 e. The number of hydrogen-bond donors (Lipinski definition) is 2. The van der Waals surface area contributed by atoms with Gasteiger partial charge in [-0.3, -0.25) is 4.90 Å². The van der Waals surface area contributed by atoms with E-state index in [4.69, 9.17) is 4.74 Å². The summed E-state index contributed by atoms with van der Waals surface area (Å²) in [5.41, 5.74) is 0. The molecule has 0 aromatic rings. The van der Waals surface area contributed by atoms with Crippen LogP contribution < -0.4 is 0 Å². The van der Waals surface area contributed by atoms with Gasteiger partial charge in [0.05, 0.1) is 18.8 Å². The molecule has 2 N–H and O–H groups in total. The first-order valence-electron chi connectivity index (χ1n) is 7.36. The summed E-state index contributed by atoms with van der Waals surface area (Å²) in [5.74, 6) is 0.775. The van der Waals surface area contributed by atoms with E-state index in [1.54, 1.807) is 0 Å². The van der Waals surface area contributed by atoms with Gasteiger partial charge in [-0.25, -0.2) is 0 Å². The lowest BCUT2D eigenvalue weighted by Crippen LogP contribution is -2.52. The fourth-order valence-corrected chi connectivity index (χ4v) is 3.27. The van der Waals surface area contributed by atoms with E-state index in [0.29, 0.717) is 0 Å². The Morgan fingerprint density at radius 2 is 1.84 bits per heavy atom. The Bertz CT molecular complexity index is 280. The molecule has 4 unspecified atom stereocenters. The summed E-state index contributed by atoms with van der Waals surface area (Å²) >= 11 is 0. The maximum atomic E-state index is 10.4. The average molecular weight is 272 g/mol. The summed E-state index contributed by atoms with van der Waals surface area (Å²) in [7, 11) is 4.02. The zero-order valence-electron chi connectivity index (χ0n) is 12.3. The van der Waals surface area contributed by atoms with Crippen LogP contribution in [0.4, 0.5) is 0 Å². The van der Waals surface area contributed by atoms with Crippen molar-refractivity contribution in [2.75, 3.05) is 40.3 Å². The third-order valence-corrected chi connectivity index (χ3v) is 4.43. The second-order valence-corrected chi connectivity index (χ2v) is 6.36. The molecule has 5 heteroatoms. The van der Waals surface area contributed by atoms with Crippen molar-refractivity contribution < 1.29 is 14.9 Å². The first-order chi connectivity index (χ1) is 9.02. The van der Waals surface area contributed by atoms with Gasteiger partial charge < -0.3 is 19.8 Å². The molecule has 0 aromatic carbocycles. The molecule has 2 aliphatic rings. The normalized spacial score (nSPS) is 38.2. The van der Waals surface area contributed by atoms with Crippen molar-refractivity contribution in [3.63, 3.8) is 0 Å². The van der Waals surface area contributed by atoms with Gasteiger partial charge in [-0.15, -0.1) is 0 Å². The van der Waals surface area contributed by atoms with Gasteiger partial charge in [0.25, 0.3) is 0 Å². The van der Waals surface area contributed by atoms with E-state index in [9.17, 15) is 10.2 Å². The molecule has 0 aliphatic carbocycles. The van der Waals surface area contributed by atoms with E-state index >= 15 is 0 Å². The van der Waals surface area contributed by atoms with E-state index in [2.05, 4.69) is 16.7 Å². The van der Waals surface area contributed by atoms with Crippen molar-refractivity contribution in [1.82, 2.24) is 9.80 Å². The topological polar surface area (TPSA) is 56.2 Å². The van der Waals surface area contributed by atoms with Gasteiger partial charge in [-0.2, -0.15) is 0 Å². The number of likely N-dealkylation sites (N-methyl/N-ethyl adjacent to an activating group) is 1. The van der Waals surface area contributed by atoms with E-state index in [1.807, 2.05) is 14.1 Å². The number of piperidine rings is 1. The van der Waals surface area contributed by atoms with Crippen LogP contribution >= 0.6 is 0 Å². The van der Waals surface area contributed by atoms with E-state index in [-0.39, 0.29) is 18.8 Å². The summed E-state index contributed by atoms with van der Waals surface area (Å²) in [5, 5.41) is 19.7. The first-order valence-corrected chi connectivity index (χ1v) is 7.36. The van der Waals surface area contributed by atoms with Gasteiger partial charge >= 0.3 is 0 Å². The lowest BCUT2D eigenvalue weighted by atomic mass is 9.94. The number of aliphatic hydroxyl groups excluding tert-OH is 2. The Morgan fingerprint density at radius 1 is 1.21 bits per heavy atom. The standard InChI is InChI=1S/C14H28N2O3/c1-10-4-6-16(7-5-10)13-11(8-15(2)3)19-12(9-17)14(13)18/h10-14,17-18H,4-9H2,1-3H3. The predicted octanol–water partition coefficient (Wildman–Crippen LogP) is -0.231. The fraction of sp³-hybridized carbons (Fsp3) is 1.00. The van der Waals surface area contributed by atoms with Crippen LogP contribution in [0.1, 0.15) is 19.8 Å². The van der Waals surface area contributed by atoms with Crippen molar-refractivity contribution in [3.05, 3.63) is 0 Å². The molecule has 5 nitrogen and oxygen atoms in total. The van der Waals surface area contributed by atoms with Crippen molar-refractivity contribution in [2.24, 2.45) is 5.92 Å². The summed E-state index contributed by atoms with van der Waals surface area (Å²) in [6.45, 7) is 5.01. The van der Waals surface area contributed by atoms with Gasteiger partial charge in [-0.05, 0) is 45.9 Å².